The van der Waals surface area contributed by atoms with E-state index in [1.54, 1.807) is 20.8 Å². The van der Waals surface area contributed by atoms with Crippen molar-refractivity contribution in [2.24, 2.45) is 5.92 Å². The highest BCUT2D eigenvalue weighted by atomic mass is 16.6. The fourth-order valence-corrected chi connectivity index (χ4v) is 1.61. The van der Waals surface area contributed by atoms with Crippen molar-refractivity contribution in [1.82, 2.24) is 10.6 Å². The minimum absolute atomic E-state index is 0.00971. The van der Waals surface area contributed by atoms with Gasteiger partial charge in [-0.1, -0.05) is 20.3 Å². The molecule has 0 bridgehead atoms. The zero-order valence-corrected chi connectivity index (χ0v) is 13.9. The molecule has 122 valence electrons. The molecule has 21 heavy (non-hydrogen) atoms. The zero-order chi connectivity index (χ0) is 16.6. The Bertz CT molecular complexity index is 374. The van der Waals surface area contributed by atoms with Crippen LogP contribution in [0.5, 0.6) is 0 Å². The predicted octanol–water partition coefficient (Wildman–Crippen LogP) is 2.02. The summed E-state index contributed by atoms with van der Waals surface area (Å²) >= 11 is 0. The molecule has 0 heterocycles. The van der Waals surface area contributed by atoms with Crippen molar-refractivity contribution in [1.29, 1.82) is 0 Å². The number of carbonyl (C=O) groups is 3. The van der Waals surface area contributed by atoms with Crippen LogP contribution in [-0.4, -0.2) is 36.0 Å². The van der Waals surface area contributed by atoms with Gasteiger partial charge in [0.15, 0.2) is 0 Å². The van der Waals surface area contributed by atoms with Gasteiger partial charge in [-0.2, -0.15) is 0 Å². The van der Waals surface area contributed by atoms with E-state index < -0.39 is 17.7 Å². The number of ether oxygens (including phenoxy) is 1. The molecule has 0 saturated carbocycles. The normalized spacial score (nSPS) is 14.0. The lowest BCUT2D eigenvalue weighted by Crippen LogP contribution is -2.51. The van der Waals surface area contributed by atoms with E-state index in [0.717, 1.165) is 6.42 Å². The van der Waals surface area contributed by atoms with Gasteiger partial charge in [0.2, 0.25) is 5.91 Å². The van der Waals surface area contributed by atoms with Gasteiger partial charge in [0.05, 0.1) is 0 Å². The van der Waals surface area contributed by atoms with Crippen LogP contribution in [-0.2, 0) is 14.3 Å². The Balaban J connectivity index is 4.61. The summed E-state index contributed by atoms with van der Waals surface area (Å²) in [4.78, 5) is 34.8. The minimum Gasteiger partial charge on any atom is -0.444 e. The lowest BCUT2D eigenvalue weighted by atomic mass is 9.98. The molecule has 6 nitrogen and oxygen atoms in total. The van der Waals surface area contributed by atoms with E-state index >= 15 is 0 Å². The molecule has 2 atom stereocenters. The maximum absolute atomic E-state index is 12.1. The number of hydrogen-bond donors (Lipinski definition) is 2. The van der Waals surface area contributed by atoms with Crippen molar-refractivity contribution < 1.29 is 19.1 Å². The Morgan fingerprint density at radius 1 is 1.19 bits per heavy atom. The largest absolute Gasteiger partial charge is 0.444 e. The molecule has 1 unspecified atom stereocenters. The molecule has 0 saturated heterocycles. The Hall–Kier alpha value is -1.59. The van der Waals surface area contributed by atoms with Crippen molar-refractivity contribution in [2.75, 3.05) is 6.54 Å². The van der Waals surface area contributed by atoms with E-state index in [9.17, 15) is 14.4 Å². The van der Waals surface area contributed by atoms with E-state index in [-0.39, 0.29) is 30.6 Å². The van der Waals surface area contributed by atoms with Crippen molar-refractivity contribution in [2.45, 2.75) is 66.0 Å². The van der Waals surface area contributed by atoms with Gasteiger partial charge in [-0.25, -0.2) is 4.79 Å². The first-order valence-electron chi connectivity index (χ1n) is 7.33. The van der Waals surface area contributed by atoms with Gasteiger partial charge in [0.1, 0.15) is 17.4 Å². The highest BCUT2D eigenvalue weighted by Crippen LogP contribution is 2.11. The van der Waals surface area contributed by atoms with Crippen LogP contribution in [0.4, 0.5) is 4.79 Å². The molecule has 0 rings (SSSR count). The molecule has 0 radical (unpaired) electrons. The number of ketones is 1. The number of rotatable bonds is 7. The highest BCUT2D eigenvalue weighted by Gasteiger charge is 2.27. The zero-order valence-electron chi connectivity index (χ0n) is 13.9. The summed E-state index contributed by atoms with van der Waals surface area (Å²) in [6.45, 7) is 10.9. The van der Waals surface area contributed by atoms with Crippen LogP contribution >= 0.6 is 0 Å². The van der Waals surface area contributed by atoms with Crippen LogP contribution < -0.4 is 10.6 Å². The molecule has 2 N–H and O–H groups in total. The summed E-state index contributed by atoms with van der Waals surface area (Å²) in [5, 5.41) is 5.27. The monoisotopic (exact) mass is 300 g/mol. The molecule has 6 heteroatoms. The van der Waals surface area contributed by atoms with E-state index in [1.807, 2.05) is 13.8 Å². The highest BCUT2D eigenvalue weighted by molar-refractivity contribution is 5.86. The van der Waals surface area contributed by atoms with Gasteiger partial charge in [0.25, 0.3) is 0 Å². The van der Waals surface area contributed by atoms with E-state index in [4.69, 9.17) is 4.74 Å². The van der Waals surface area contributed by atoms with Crippen molar-refractivity contribution >= 4 is 17.8 Å². The van der Waals surface area contributed by atoms with Crippen LogP contribution in [0.25, 0.3) is 0 Å². The van der Waals surface area contributed by atoms with Crippen LogP contribution in [0, 0.1) is 5.92 Å². The van der Waals surface area contributed by atoms with Crippen molar-refractivity contribution in [3.63, 3.8) is 0 Å². The third kappa shape index (κ3) is 9.05. The number of carbonyl (C=O) groups excluding carboxylic acids is 3. The molecule has 2 amide bonds. The molecule has 0 aliphatic heterocycles. The Morgan fingerprint density at radius 3 is 2.19 bits per heavy atom. The maximum Gasteiger partial charge on any atom is 0.408 e. The minimum atomic E-state index is -0.670. The van der Waals surface area contributed by atoms with Gasteiger partial charge in [-0.15, -0.1) is 0 Å². The second kappa shape index (κ2) is 8.64. The summed E-state index contributed by atoms with van der Waals surface area (Å²) in [7, 11) is 0. The number of nitrogens with one attached hydrogen (secondary N) is 2. The second-order valence-electron chi connectivity index (χ2n) is 6.25. The van der Waals surface area contributed by atoms with Crippen LogP contribution in [0.2, 0.25) is 0 Å². The molecule has 0 aromatic heterocycles. The van der Waals surface area contributed by atoms with Crippen LogP contribution in [0.1, 0.15) is 54.4 Å². The second-order valence-corrected chi connectivity index (χ2v) is 6.25. The Kier molecular flexibility index (Phi) is 7.99. The Labute approximate surface area is 127 Å². The fraction of sp³-hybridized carbons (Fsp3) is 0.800. The number of alkyl carbamates (subject to hydrolysis) is 1. The molecular weight excluding hydrogens is 272 g/mol. The quantitative estimate of drug-likeness (QED) is 0.753. The fourth-order valence-electron chi connectivity index (χ4n) is 1.61. The van der Waals surface area contributed by atoms with Gasteiger partial charge < -0.3 is 15.4 Å². The third-order valence-corrected chi connectivity index (χ3v) is 2.94. The van der Waals surface area contributed by atoms with Gasteiger partial charge >= 0.3 is 6.09 Å². The SMILES string of the molecule is CCC(C)[C@H](NC(=O)OC(C)(C)C)C(=O)NCCC(C)=O. The average Bonchev–Trinajstić information content (AvgIpc) is 2.32. The van der Waals surface area contributed by atoms with Crippen molar-refractivity contribution in [3.05, 3.63) is 0 Å². The Morgan fingerprint density at radius 2 is 1.76 bits per heavy atom. The summed E-state index contributed by atoms with van der Waals surface area (Å²) in [6.07, 6.45) is 0.404. The lowest BCUT2D eigenvalue weighted by Gasteiger charge is -2.26. The number of amides is 2. The van der Waals surface area contributed by atoms with E-state index in [0.29, 0.717) is 0 Å². The molecule has 0 spiro atoms. The average molecular weight is 300 g/mol. The summed E-state index contributed by atoms with van der Waals surface area (Å²) in [5.41, 5.74) is -0.616. The molecule has 0 aromatic carbocycles. The van der Waals surface area contributed by atoms with Gasteiger partial charge in [0, 0.05) is 13.0 Å². The standard InChI is InChI=1S/C15H28N2O4/c1-7-10(2)12(13(19)16-9-8-11(3)18)17-14(20)21-15(4,5)6/h10,12H,7-9H2,1-6H3,(H,16,19)(H,17,20)/t10?,12-/m0/s1. The van der Waals surface area contributed by atoms with Crippen LogP contribution in [0.3, 0.4) is 0 Å². The molecule has 0 fully saturated rings. The first kappa shape index (κ1) is 19.4. The van der Waals surface area contributed by atoms with E-state index in [2.05, 4.69) is 10.6 Å². The molecule has 0 aliphatic carbocycles. The molecule has 0 aromatic rings. The molecule has 0 aliphatic rings. The molecular formula is C15H28N2O4. The predicted molar refractivity (Wildman–Crippen MR) is 80.9 cm³/mol. The summed E-state index contributed by atoms with van der Waals surface area (Å²) in [6, 6.07) is -0.670. The summed E-state index contributed by atoms with van der Waals surface area (Å²) in [5.74, 6) is -0.318. The van der Waals surface area contributed by atoms with Gasteiger partial charge in [-0.3, -0.25) is 9.59 Å². The first-order valence-corrected chi connectivity index (χ1v) is 7.33. The number of hydrogen-bond acceptors (Lipinski definition) is 4. The van der Waals surface area contributed by atoms with Crippen LogP contribution in [0.15, 0.2) is 0 Å². The number of Topliss-reactive ketones (excluding diaryl/α,β-unsaturated/α-hetero) is 1. The van der Waals surface area contributed by atoms with E-state index in [1.165, 1.54) is 6.92 Å². The maximum atomic E-state index is 12.1. The van der Waals surface area contributed by atoms with Gasteiger partial charge in [-0.05, 0) is 33.6 Å². The van der Waals surface area contributed by atoms with Crippen molar-refractivity contribution in [3.8, 4) is 0 Å². The topological polar surface area (TPSA) is 84.5 Å². The third-order valence-electron chi connectivity index (χ3n) is 2.94. The smallest absolute Gasteiger partial charge is 0.408 e. The lowest BCUT2D eigenvalue weighted by molar-refractivity contribution is -0.124. The first-order chi connectivity index (χ1) is 9.56. The summed E-state index contributed by atoms with van der Waals surface area (Å²) < 4.78 is 5.17.